The van der Waals surface area contributed by atoms with Gasteiger partial charge in [0.15, 0.2) is 5.96 Å². The summed E-state index contributed by atoms with van der Waals surface area (Å²) in [6.45, 7) is 12.9. The van der Waals surface area contributed by atoms with Gasteiger partial charge in [0.05, 0.1) is 0 Å². The molecule has 1 aliphatic carbocycles. The van der Waals surface area contributed by atoms with Crippen LogP contribution in [0.3, 0.4) is 0 Å². The summed E-state index contributed by atoms with van der Waals surface area (Å²) in [5.74, 6) is 1.79. The molecule has 2 saturated heterocycles. The molecule has 3 fully saturated rings. The van der Waals surface area contributed by atoms with E-state index < -0.39 is 0 Å². The lowest BCUT2D eigenvalue weighted by Crippen LogP contribution is -2.55. The van der Waals surface area contributed by atoms with E-state index in [1.165, 1.54) is 65.0 Å². The number of nitrogens with zero attached hydrogens (tertiary/aromatic N) is 4. The molecule has 0 radical (unpaired) electrons. The predicted molar refractivity (Wildman–Crippen MR) is 117 cm³/mol. The Morgan fingerprint density at radius 3 is 2.24 bits per heavy atom. The van der Waals surface area contributed by atoms with Crippen molar-refractivity contribution < 1.29 is 0 Å². The number of rotatable bonds is 4. The minimum Gasteiger partial charge on any atom is -0.355 e. The van der Waals surface area contributed by atoms with E-state index in [0.29, 0.717) is 17.4 Å². The molecule has 1 saturated carbocycles. The van der Waals surface area contributed by atoms with Crippen molar-refractivity contribution in [1.29, 1.82) is 0 Å². The van der Waals surface area contributed by atoms with Gasteiger partial charge in [-0.1, -0.05) is 20.3 Å². The Hall–Kier alpha value is -0.0800. The van der Waals surface area contributed by atoms with Gasteiger partial charge in [-0.25, -0.2) is 0 Å². The van der Waals surface area contributed by atoms with Crippen molar-refractivity contribution in [2.45, 2.75) is 45.6 Å². The Morgan fingerprint density at radius 1 is 1.08 bits per heavy atom. The van der Waals surface area contributed by atoms with Gasteiger partial charge in [0.1, 0.15) is 0 Å². The van der Waals surface area contributed by atoms with Crippen LogP contribution in [0, 0.1) is 11.3 Å². The van der Waals surface area contributed by atoms with Gasteiger partial charge < -0.3 is 15.1 Å². The van der Waals surface area contributed by atoms with E-state index in [9.17, 15) is 0 Å². The van der Waals surface area contributed by atoms with E-state index in [1.807, 2.05) is 7.05 Å². The Bertz CT molecular complexity index is 441. The molecule has 1 spiro atoms. The van der Waals surface area contributed by atoms with Gasteiger partial charge in [0.25, 0.3) is 0 Å². The SMILES string of the molecule is CN=C(NCC(C(C)C)N1CCN(C)CC1)N1CCC2(CCC2)C1.I. The Labute approximate surface area is 171 Å². The third-order valence-electron chi connectivity index (χ3n) is 6.61. The summed E-state index contributed by atoms with van der Waals surface area (Å²) in [5.41, 5.74) is 0.631. The highest BCUT2D eigenvalue weighted by molar-refractivity contribution is 14.0. The number of hydrogen-bond acceptors (Lipinski definition) is 3. The lowest BCUT2D eigenvalue weighted by Gasteiger charge is -2.40. The summed E-state index contributed by atoms with van der Waals surface area (Å²) < 4.78 is 0. The van der Waals surface area contributed by atoms with Crippen molar-refractivity contribution in [2.24, 2.45) is 16.3 Å². The summed E-state index contributed by atoms with van der Waals surface area (Å²) in [6, 6.07) is 0.593. The highest BCUT2D eigenvalue weighted by Crippen LogP contribution is 2.47. The molecule has 0 aromatic rings. The molecule has 0 aromatic heterocycles. The monoisotopic (exact) mass is 463 g/mol. The zero-order chi connectivity index (χ0) is 17.2. The van der Waals surface area contributed by atoms with E-state index in [4.69, 9.17) is 0 Å². The molecule has 146 valence electrons. The van der Waals surface area contributed by atoms with Gasteiger partial charge in [0.2, 0.25) is 0 Å². The summed E-state index contributed by atoms with van der Waals surface area (Å²) in [6.07, 6.45) is 5.64. The maximum absolute atomic E-state index is 4.59. The van der Waals surface area contributed by atoms with Crippen molar-refractivity contribution in [3.05, 3.63) is 0 Å². The second-order valence-corrected chi connectivity index (χ2v) is 8.60. The average Bonchev–Trinajstić information content (AvgIpc) is 2.98. The van der Waals surface area contributed by atoms with Crippen LogP contribution in [0.2, 0.25) is 0 Å². The molecule has 1 N–H and O–H groups in total. The number of piperazine rings is 1. The fourth-order valence-corrected chi connectivity index (χ4v) is 4.67. The van der Waals surface area contributed by atoms with Crippen molar-refractivity contribution in [1.82, 2.24) is 20.0 Å². The fraction of sp³-hybridized carbons (Fsp3) is 0.947. The summed E-state index contributed by atoms with van der Waals surface area (Å²) in [7, 11) is 4.17. The van der Waals surface area contributed by atoms with Crippen LogP contribution in [-0.4, -0.2) is 86.6 Å². The first-order valence-electron chi connectivity index (χ1n) is 9.91. The Balaban J connectivity index is 0.00000225. The minimum absolute atomic E-state index is 0. The maximum Gasteiger partial charge on any atom is 0.193 e. The smallest absolute Gasteiger partial charge is 0.193 e. The summed E-state index contributed by atoms with van der Waals surface area (Å²) in [4.78, 5) is 12.2. The molecule has 3 aliphatic rings. The van der Waals surface area contributed by atoms with E-state index in [1.54, 1.807) is 0 Å². The molecule has 1 unspecified atom stereocenters. The minimum atomic E-state index is 0. The van der Waals surface area contributed by atoms with E-state index in [-0.39, 0.29) is 24.0 Å². The topological polar surface area (TPSA) is 34.1 Å². The van der Waals surface area contributed by atoms with Crippen LogP contribution >= 0.6 is 24.0 Å². The third-order valence-corrected chi connectivity index (χ3v) is 6.61. The Morgan fingerprint density at radius 2 is 1.76 bits per heavy atom. The van der Waals surface area contributed by atoms with Gasteiger partial charge in [0, 0.05) is 58.9 Å². The molecule has 0 aromatic carbocycles. The number of guanidine groups is 1. The number of likely N-dealkylation sites (N-methyl/N-ethyl adjacent to an activating group) is 1. The van der Waals surface area contributed by atoms with Gasteiger partial charge in [-0.15, -0.1) is 24.0 Å². The van der Waals surface area contributed by atoms with Crippen molar-refractivity contribution in [2.75, 3.05) is 59.9 Å². The van der Waals surface area contributed by atoms with Gasteiger partial charge in [-0.2, -0.15) is 0 Å². The van der Waals surface area contributed by atoms with Crippen molar-refractivity contribution in [3.63, 3.8) is 0 Å². The molecule has 3 rings (SSSR count). The number of halogens is 1. The summed E-state index contributed by atoms with van der Waals surface area (Å²) >= 11 is 0. The average molecular weight is 463 g/mol. The largest absolute Gasteiger partial charge is 0.355 e. The highest BCUT2D eigenvalue weighted by Gasteiger charge is 2.43. The molecule has 0 amide bonds. The second kappa shape index (κ2) is 9.22. The highest BCUT2D eigenvalue weighted by atomic mass is 127. The number of nitrogens with one attached hydrogen (secondary N) is 1. The number of likely N-dealkylation sites (tertiary alicyclic amines) is 1. The van der Waals surface area contributed by atoms with Gasteiger partial charge in [-0.3, -0.25) is 9.89 Å². The van der Waals surface area contributed by atoms with Crippen LogP contribution in [0.25, 0.3) is 0 Å². The van der Waals surface area contributed by atoms with Crippen LogP contribution in [0.1, 0.15) is 39.5 Å². The molecule has 0 bridgehead atoms. The van der Waals surface area contributed by atoms with E-state index >= 15 is 0 Å². The fourth-order valence-electron chi connectivity index (χ4n) is 4.67. The first kappa shape index (κ1) is 21.2. The first-order chi connectivity index (χ1) is 11.5. The van der Waals surface area contributed by atoms with Gasteiger partial charge in [-0.05, 0) is 37.6 Å². The predicted octanol–water partition coefficient (Wildman–Crippen LogP) is 2.33. The molecule has 2 heterocycles. The molecular weight excluding hydrogens is 425 g/mol. The molecule has 1 atom stereocenters. The van der Waals surface area contributed by atoms with E-state index in [2.05, 4.69) is 45.9 Å². The zero-order valence-corrected chi connectivity index (χ0v) is 19.0. The first-order valence-corrected chi connectivity index (χ1v) is 9.91. The number of hydrogen-bond donors (Lipinski definition) is 1. The quantitative estimate of drug-likeness (QED) is 0.394. The molecule has 6 heteroatoms. The molecule has 25 heavy (non-hydrogen) atoms. The van der Waals surface area contributed by atoms with Crippen LogP contribution in [0.4, 0.5) is 0 Å². The third kappa shape index (κ3) is 5.01. The lowest BCUT2D eigenvalue weighted by atomic mass is 9.68. The van der Waals surface area contributed by atoms with Crippen LogP contribution in [-0.2, 0) is 0 Å². The van der Waals surface area contributed by atoms with Crippen molar-refractivity contribution >= 4 is 29.9 Å². The molecular formula is C19H38IN5. The normalized spacial score (nSPS) is 25.8. The standard InChI is InChI=1S/C19H37N5.HI/c1-16(2)17(23-12-10-22(4)11-13-23)14-21-18(20-3)24-9-8-19(15-24)6-5-7-19;/h16-17H,5-15H2,1-4H3,(H,20,21);1H. The molecule has 2 aliphatic heterocycles. The van der Waals surface area contributed by atoms with Gasteiger partial charge >= 0.3 is 0 Å². The Kier molecular flexibility index (Phi) is 7.83. The van der Waals surface area contributed by atoms with E-state index in [0.717, 1.165) is 12.5 Å². The second-order valence-electron chi connectivity index (χ2n) is 8.60. The lowest BCUT2D eigenvalue weighted by molar-refractivity contribution is 0.0895. The number of aliphatic imine (C=N–C) groups is 1. The summed E-state index contributed by atoms with van der Waals surface area (Å²) in [5, 5.41) is 3.71. The van der Waals surface area contributed by atoms with Crippen LogP contribution in [0.5, 0.6) is 0 Å². The molecule has 5 nitrogen and oxygen atoms in total. The zero-order valence-electron chi connectivity index (χ0n) is 16.6. The maximum atomic E-state index is 4.59. The van der Waals surface area contributed by atoms with Crippen molar-refractivity contribution in [3.8, 4) is 0 Å². The van der Waals surface area contributed by atoms with Crippen LogP contribution < -0.4 is 5.32 Å². The van der Waals surface area contributed by atoms with Crippen LogP contribution in [0.15, 0.2) is 4.99 Å².